The van der Waals surface area contributed by atoms with Gasteiger partial charge in [0.25, 0.3) is 0 Å². The highest BCUT2D eigenvalue weighted by molar-refractivity contribution is 5.49. The zero-order valence-electron chi connectivity index (χ0n) is 9.35. The van der Waals surface area contributed by atoms with Crippen molar-refractivity contribution in [1.29, 1.82) is 0 Å². The van der Waals surface area contributed by atoms with E-state index in [2.05, 4.69) is 9.97 Å². The quantitative estimate of drug-likeness (QED) is 0.658. The molecule has 0 bridgehead atoms. The van der Waals surface area contributed by atoms with Crippen molar-refractivity contribution in [1.82, 2.24) is 9.97 Å². The van der Waals surface area contributed by atoms with Gasteiger partial charge in [-0.2, -0.15) is 0 Å². The third-order valence-corrected chi connectivity index (χ3v) is 3.45. The molecule has 2 aromatic rings. The minimum Gasteiger partial charge on any atom is -0.504 e. The summed E-state index contributed by atoms with van der Waals surface area (Å²) in [4.78, 5) is 7.17. The van der Waals surface area contributed by atoms with E-state index in [4.69, 9.17) is 0 Å². The van der Waals surface area contributed by atoms with Crippen LogP contribution in [0.25, 0.3) is 0 Å². The summed E-state index contributed by atoms with van der Waals surface area (Å²) in [5.74, 6) is 0.164. The lowest BCUT2D eigenvalue weighted by atomic mass is 9.81. The summed E-state index contributed by atoms with van der Waals surface area (Å²) < 4.78 is 0. The maximum atomic E-state index is 9.61. The van der Waals surface area contributed by atoms with E-state index in [-0.39, 0.29) is 17.4 Å². The molecule has 1 aromatic heterocycles. The van der Waals surface area contributed by atoms with E-state index in [0.717, 1.165) is 36.1 Å². The molecule has 0 saturated carbocycles. The zero-order valence-corrected chi connectivity index (χ0v) is 9.35. The number of fused-ring (bicyclic) bond motifs is 1. The van der Waals surface area contributed by atoms with Gasteiger partial charge in [-0.1, -0.05) is 0 Å². The van der Waals surface area contributed by atoms with Crippen LogP contribution < -0.4 is 0 Å². The van der Waals surface area contributed by atoms with Gasteiger partial charge in [0.2, 0.25) is 0 Å². The van der Waals surface area contributed by atoms with Crippen molar-refractivity contribution in [2.24, 2.45) is 0 Å². The summed E-state index contributed by atoms with van der Waals surface area (Å²) in [5, 5.41) is 19.1. The highest BCUT2D eigenvalue weighted by atomic mass is 16.3. The molecule has 0 saturated heterocycles. The molecule has 1 heterocycles. The Labute approximate surface area is 99.0 Å². The molecule has 4 nitrogen and oxygen atoms in total. The molecule has 1 unspecified atom stereocenters. The molecule has 1 aliphatic carbocycles. The second-order valence-electron chi connectivity index (χ2n) is 4.49. The van der Waals surface area contributed by atoms with Crippen molar-refractivity contribution in [3.8, 4) is 11.5 Å². The number of aromatic hydroxyl groups is 2. The lowest BCUT2D eigenvalue weighted by Gasteiger charge is -2.25. The van der Waals surface area contributed by atoms with Gasteiger partial charge in [-0.05, 0) is 42.5 Å². The van der Waals surface area contributed by atoms with Crippen molar-refractivity contribution in [2.45, 2.75) is 25.2 Å². The van der Waals surface area contributed by atoms with Crippen LogP contribution in [0.2, 0.25) is 0 Å². The van der Waals surface area contributed by atoms with Crippen LogP contribution in [0.5, 0.6) is 11.5 Å². The van der Waals surface area contributed by atoms with E-state index in [1.807, 2.05) is 6.20 Å². The molecule has 0 amide bonds. The number of nitrogens with zero attached hydrogens (tertiary/aromatic N) is 1. The monoisotopic (exact) mass is 230 g/mol. The van der Waals surface area contributed by atoms with Crippen LogP contribution in [0.4, 0.5) is 0 Å². The van der Waals surface area contributed by atoms with E-state index in [9.17, 15) is 10.2 Å². The lowest BCUT2D eigenvalue weighted by molar-refractivity contribution is 0.400. The number of benzene rings is 1. The Hall–Kier alpha value is -1.97. The molecule has 1 atom stereocenters. The number of rotatable bonds is 1. The molecule has 0 spiro atoms. The Kier molecular flexibility index (Phi) is 2.28. The predicted octanol–water partition coefficient (Wildman–Crippen LogP) is 2.29. The molecule has 3 N–H and O–H groups in total. The molecule has 1 aliphatic rings. The lowest BCUT2D eigenvalue weighted by Crippen LogP contribution is -2.11. The second kappa shape index (κ2) is 3.80. The van der Waals surface area contributed by atoms with Gasteiger partial charge >= 0.3 is 0 Å². The number of phenolic OH excluding ortho intramolecular Hbond substituents is 2. The topological polar surface area (TPSA) is 69.1 Å². The highest BCUT2D eigenvalue weighted by Gasteiger charge is 2.24. The van der Waals surface area contributed by atoms with E-state index in [1.165, 1.54) is 0 Å². The highest BCUT2D eigenvalue weighted by Crippen LogP contribution is 2.40. The Bertz CT molecular complexity index is 535. The van der Waals surface area contributed by atoms with E-state index >= 15 is 0 Å². The molecule has 3 rings (SSSR count). The number of aromatic amines is 1. The maximum absolute atomic E-state index is 9.61. The average molecular weight is 230 g/mol. The SMILES string of the molecule is Oc1cc2c(cc1O)C(c1cnc[nH]1)CCC2. The molecule has 88 valence electrons. The minimum atomic E-state index is -0.0461. The number of hydrogen-bond acceptors (Lipinski definition) is 3. The van der Waals surface area contributed by atoms with E-state index in [1.54, 1.807) is 18.5 Å². The minimum absolute atomic E-state index is 0.0333. The van der Waals surface area contributed by atoms with Crippen molar-refractivity contribution in [3.63, 3.8) is 0 Å². The largest absolute Gasteiger partial charge is 0.504 e. The Morgan fingerprint density at radius 2 is 2.06 bits per heavy atom. The number of imidazole rings is 1. The van der Waals surface area contributed by atoms with Gasteiger partial charge in [0, 0.05) is 17.8 Å². The predicted molar refractivity (Wildman–Crippen MR) is 63.1 cm³/mol. The molecule has 17 heavy (non-hydrogen) atoms. The van der Waals surface area contributed by atoms with Crippen LogP contribution in [0.3, 0.4) is 0 Å². The first-order chi connectivity index (χ1) is 8.25. The first-order valence-corrected chi connectivity index (χ1v) is 5.78. The third kappa shape index (κ3) is 1.65. The molecule has 0 fully saturated rings. The second-order valence-corrected chi connectivity index (χ2v) is 4.49. The summed E-state index contributed by atoms with van der Waals surface area (Å²) in [6.45, 7) is 0. The van der Waals surface area contributed by atoms with Gasteiger partial charge in [0.15, 0.2) is 11.5 Å². The Balaban J connectivity index is 2.10. The van der Waals surface area contributed by atoms with Crippen molar-refractivity contribution >= 4 is 0 Å². The van der Waals surface area contributed by atoms with Crippen molar-refractivity contribution in [3.05, 3.63) is 41.5 Å². The Morgan fingerprint density at radius 1 is 1.24 bits per heavy atom. The Morgan fingerprint density at radius 3 is 2.82 bits per heavy atom. The van der Waals surface area contributed by atoms with Gasteiger partial charge in [-0.3, -0.25) is 0 Å². The number of H-pyrrole nitrogens is 1. The standard InChI is InChI=1S/C13H14N2O2/c16-12-4-8-2-1-3-9(10(8)5-13(12)17)11-6-14-7-15-11/h4-7,9,16-17H,1-3H2,(H,14,15). The molecular formula is C13H14N2O2. The van der Waals surface area contributed by atoms with Crippen LogP contribution in [0.1, 0.15) is 35.6 Å². The van der Waals surface area contributed by atoms with Crippen LogP contribution in [0, 0.1) is 0 Å². The molecular weight excluding hydrogens is 216 g/mol. The number of aromatic nitrogens is 2. The van der Waals surface area contributed by atoms with Crippen LogP contribution in [-0.4, -0.2) is 20.2 Å². The molecule has 0 aliphatic heterocycles. The first-order valence-electron chi connectivity index (χ1n) is 5.78. The number of hydrogen-bond donors (Lipinski definition) is 3. The summed E-state index contributed by atoms with van der Waals surface area (Å²) in [6, 6.07) is 3.35. The van der Waals surface area contributed by atoms with Gasteiger partial charge in [-0.25, -0.2) is 4.98 Å². The van der Waals surface area contributed by atoms with Crippen molar-refractivity contribution < 1.29 is 10.2 Å². The van der Waals surface area contributed by atoms with Gasteiger partial charge in [-0.15, -0.1) is 0 Å². The fraction of sp³-hybridized carbons (Fsp3) is 0.308. The van der Waals surface area contributed by atoms with Crippen LogP contribution >= 0.6 is 0 Å². The number of nitrogens with one attached hydrogen (secondary N) is 1. The fourth-order valence-corrected chi connectivity index (χ4v) is 2.61. The summed E-state index contributed by atoms with van der Waals surface area (Å²) in [5.41, 5.74) is 3.28. The first kappa shape index (κ1) is 10.2. The smallest absolute Gasteiger partial charge is 0.157 e. The van der Waals surface area contributed by atoms with Gasteiger partial charge in [0.1, 0.15) is 0 Å². The third-order valence-electron chi connectivity index (χ3n) is 3.45. The van der Waals surface area contributed by atoms with Gasteiger partial charge < -0.3 is 15.2 Å². The summed E-state index contributed by atoms with van der Waals surface area (Å²) in [6.07, 6.45) is 6.57. The van der Waals surface area contributed by atoms with E-state index < -0.39 is 0 Å². The molecule has 4 heteroatoms. The molecule has 0 radical (unpaired) electrons. The van der Waals surface area contributed by atoms with Crippen LogP contribution in [0.15, 0.2) is 24.7 Å². The zero-order chi connectivity index (χ0) is 11.8. The number of aryl methyl sites for hydroxylation is 1. The fourth-order valence-electron chi connectivity index (χ4n) is 2.61. The van der Waals surface area contributed by atoms with Gasteiger partial charge in [0.05, 0.1) is 6.33 Å². The summed E-state index contributed by atoms with van der Waals surface area (Å²) >= 11 is 0. The maximum Gasteiger partial charge on any atom is 0.157 e. The normalized spacial score (nSPS) is 18.9. The average Bonchev–Trinajstić information content (AvgIpc) is 2.83. The molecule has 1 aromatic carbocycles. The summed E-state index contributed by atoms with van der Waals surface area (Å²) in [7, 11) is 0. The number of phenols is 2. The van der Waals surface area contributed by atoms with E-state index in [0.29, 0.717) is 0 Å². The van der Waals surface area contributed by atoms with Crippen LogP contribution in [-0.2, 0) is 6.42 Å². The van der Waals surface area contributed by atoms with Crippen molar-refractivity contribution in [2.75, 3.05) is 0 Å².